The van der Waals surface area contributed by atoms with E-state index in [0.29, 0.717) is 22.2 Å². The fraction of sp³-hybridized carbons (Fsp3) is 0.462. The second-order valence-electron chi connectivity index (χ2n) is 4.44. The third-order valence-electron chi connectivity index (χ3n) is 3.32. The second-order valence-corrected chi connectivity index (χ2v) is 6.11. The zero-order chi connectivity index (χ0) is 14.0. The van der Waals surface area contributed by atoms with Crippen molar-refractivity contribution in [2.75, 3.05) is 19.4 Å². The summed E-state index contributed by atoms with van der Waals surface area (Å²) in [7, 11) is 0. The van der Waals surface area contributed by atoms with Gasteiger partial charge in [0.25, 0.3) is 5.91 Å². The third-order valence-corrected chi connectivity index (χ3v) is 4.84. The lowest BCUT2D eigenvalue weighted by Gasteiger charge is -2.23. The van der Waals surface area contributed by atoms with Crippen molar-refractivity contribution in [1.29, 1.82) is 0 Å². The molecule has 0 spiro atoms. The second kappa shape index (κ2) is 6.35. The zero-order valence-corrected chi connectivity index (χ0v) is 12.9. The molecule has 3 nitrogen and oxygen atoms in total. The number of hydrogen-bond acceptors (Lipinski definition) is 3. The topological polar surface area (TPSA) is 40.5 Å². The summed E-state index contributed by atoms with van der Waals surface area (Å²) in [5.41, 5.74) is 0.454. The Hall–Kier alpha value is -0.420. The van der Waals surface area contributed by atoms with Crippen LogP contribution in [0.3, 0.4) is 0 Å². The number of carbonyl (C=O) groups excluding carboxylic acids is 1. The summed E-state index contributed by atoms with van der Waals surface area (Å²) in [6, 6.07) is 3.23. The number of rotatable bonds is 3. The van der Waals surface area contributed by atoms with Crippen molar-refractivity contribution < 1.29 is 9.90 Å². The molecule has 104 valence electrons. The Kier molecular flexibility index (Phi) is 5.01. The number of amides is 1. The number of carbonyl (C=O) groups is 1. The van der Waals surface area contributed by atoms with Gasteiger partial charge in [-0.15, -0.1) is 11.8 Å². The van der Waals surface area contributed by atoms with E-state index in [0.717, 1.165) is 17.7 Å². The van der Waals surface area contributed by atoms with Crippen molar-refractivity contribution in [3.8, 4) is 0 Å². The van der Waals surface area contributed by atoms with E-state index >= 15 is 0 Å². The lowest BCUT2D eigenvalue weighted by atomic mass is 10.1. The SMILES string of the molecule is CSc1cc(C(=O)N2CCC[C@@H]2CO)c(Cl)cc1Cl. The summed E-state index contributed by atoms with van der Waals surface area (Å²) in [6.07, 6.45) is 3.65. The van der Waals surface area contributed by atoms with E-state index in [-0.39, 0.29) is 18.6 Å². The van der Waals surface area contributed by atoms with E-state index in [4.69, 9.17) is 23.2 Å². The molecule has 2 rings (SSSR count). The summed E-state index contributed by atoms with van der Waals surface area (Å²) >= 11 is 13.6. The Bertz CT molecular complexity index is 496. The number of likely N-dealkylation sites (tertiary alicyclic amines) is 1. The first-order chi connectivity index (χ1) is 9.08. The summed E-state index contributed by atoms with van der Waals surface area (Å²) < 4.78 is 0. The molecule has 1 heterocycles. The van der Waals surface area contributed by atoms with Crippen LogP contribution in [0.5, 0.6) is 0 Å². The van der Waals surface area contributed by atoms with Gasteiger partial charge in [0.15, 0.2) is 0 Å². The lowest BCUT2D eigenvalue weighted by Crippen LogP contribution is -2.37. The molecule has 0 aromatic heterocycles. The highest BCUT2D eigenvalue weighted by atomic mass is 35.5. The highest BCUT2D eigenvalue weighted by molar-refractivity contribution is 7.98. The maximum Gasteiger partial charge on any atom is 0.255 e. The van der Waals surface area contributed by atoms with Gasteiger partial charge in [0.2, 0.25) is 0 Å². The molecule has 19 heavy (non-hydrogen) atoms. The van der Waals surface area contributed by atoms with E-state index < -0.39 is 0 Å². The zero-order valence-electron chi connectivity index (χ0n) is 10.5. The van der Waals surface area contributed by atoms with Crippen molar-refractivity contribution in [2.45, 2.75) is 23.8 Å². The molecule has 1 fully saturated rings. The first-order valence-electron chi connectivity index (χ1n) is 6.03. The molecule has 1 aliphatic heterocycles. The highest BCUT2D eigenvalue weighted by Crippen LogP contribution is 2.32. The Morgan fingerprint density at radius 2 is 2.21 bits per heavy atom. The van der Waals surface area contributed by atoms with Crippen molar-refractivity contribution in [1.82, 2.24) is 4.90 Å². The van der Waals surface area contributed by atoms with Gasteiger partial charge in [-0.1, -0.05) is 23.2 Å². The largest absolute Gasteiger partial charge is 0.394 e. The van der Waals surface area contributed by atoms with Crippen LogP contribution in [0.1, 0.15) is 23.2 Å². The molecule has 1 amide bonds. The van der Waals surface area contributed by atoms with E-state index in [1.807, 2.05) is 6.26 Å². The number of aliphatic hydroxyl groups excluding tert-OH is 1. The van der Waals surface area contributed by atoms with Crippen LogP contribution in [0, 0.1) is 0 Å². The van der Waals surface area contributed by atoms with Crippen LogP contribution < -0.4 is 0 Å². The normalized spacial score (nSPS) is 18.9. The van der Waals surface area contributed by atoms with Crippen molar-refractivity contribution in [3.05, 3.63) is 27.7 Å². The maximum absolute atomic E-state index is 12.5. The molecule has 1 saturated heterocycles. The Balaban J connectivity index is 2.33. The molecule has 0 bridgehead atoms. The minimum Gasteiger partial charge on any atom is -0.394 e. The Morgan fingerprint density at radius 1 is 1.47 bits per heavy atom. The van der Waals surface area contributed by atoms with Gasteiger partial charge in [0.1, 0.15) is 0 Å². The van der Waals surface area contributed by atoms with Crippen molar-refractivity contribution >= 4 is 40.9 Å². The molecule has 0 aliphatic carbocycles. The molecule has 0 saturated carbocycles. The van der Waals surface area contributed by atoms with Crippen molar-refractivity contribution in [2.24, 2.45) is 0 Å². The maximum atomic E-state index is 12.5. The van der Waals surface area contributed by atoms with Gasteiger partial charge in [-0.25, -0.2) is 0 Å². The number of benzene rings is 1. The molecule has 1 aliphatic rings. The van der Waals surface area contributed by atoms with E-state index in [2.05, 4.69) is 0 Å². The number of halogens is 2. The number of aliphatic hydroxyl groups is 1. The van der Waals surface area contributed by atoms with E-state index in [1.54, 1.807) is 17.0 Å². The van der Waals surface area contributed by atoms with Crippen LogP contribution in [0.2, 0.25) is 10.0 Å². The Labute approximate surface area is 126 Å². The van der Waals surface area contributed by atoms with E-state index in [1.165, 1.54) is 11.8 Å². The van der Waals surface area contributed by atoms with Gasteiger partial charge in [0.05, 0.1) is 28.3 Å². The average Bonchev–Trinajstić information content (AvgIpc) is 2.86. The van der Waals surface area contributed by atoms with Gasteiger partial charge in [0, 0.05) is 11.4 Å². The van der Waals surface area contributed by atoms with Crippen LogP contribution in [-0.4, -0.2) is 41.4 Å². The number of thioether (sulfide) groups is 1. The molecule has 0 unspecified atom stereocenters. The molecule has 0 radical (unpaired) electrons. The predicted octanol–water partition coefficient (Wildman–Crippen LogP) is 3.31. The van der Waals surface area contributed by atoms with Crippen molar-refractivity contribution in [3.63, 3.8) is 0 Å². The van der Waals surface area contributed by atoms with Crippen LogP contribution in [0.15, 0.2) is 17.0 Å². The van der Waals surface area contributed by atoms with Gasteiger partial charge in [-0.05, 0) is 31.2 Å². The van der Waals surface area contributed by atoms with Crippen LogP contribution in [0.25, 0.3) is 0 Å². The van der Waals surface area contributed by atoms with Crippen LogP contribution in [-0.2, 0) is 0 Å². The van der Waals surface area contributed by atoms with Crippen LogP contribution in [0.4, 0.5) is 0 Å². The molecular weight excluding hydrogens is 305 g/mol. The quantitative estimate of drug-likeness (QED) is 0.869. The monoisotopic (exact) mass is 319 g/mol. The molecule has 1 aromatic carbocycles. The minimum absolute atomic E-state index is 0.00761. The summed E-state index contributed by atoms with van der Waals surface area (Å²) in [4.78, 5) is 15.0. The molecule has 6 heteroatoms. The first-order valence-corrected chi connectivity index (χ1v) is 8.01. The highest BCUT2D eigenvalue weighted by Gasteiger charge is 2.30. The average molecular weight is 320 g/mol. The molecule has 1 N–H and O–H groups in total. The molecular formula is C13H15Cl2NO2S. The fourth-order valence-electron chi connectivity index (χ4n) is 2.30. The van der Waals surface area contributed by atoms with E-state index in [9.17, 15) is 9.90 Å². The number of hydrogen-bond donors (Lipinski definition) is 1. The fourth-order valence-corrected chi connectivity index (χ4v) is 3.48. The van der Waals surface area contributed by atoms with Gasteiger partial charge in [-0.2, -0.15) is 0 Å². The minimum atomic E-state index is -0.131. The standard InChI is InChI=1S/C13H15Cl2NO2S/c1-19-12-5-9(10(14)6-11(12)15)13(18)16-4-2-3-8(16)7-17/h5-6,8,17H,2-4,7H2,1H3/t8-/m1/s1. The van der Waals surface area contributed by atoms with Gasteiger partial charge >= 0.3 is 0 Å². The Morgan fingerprint density at radius 3 is 2.84 bits per heavy atom. The smallest absolute Gasteiger partial charge is 0.255 e. The van der Waals surface area contributed by atoms with Crippen LogP contribution >= 0.6 is 35.0 Å². The lowest BCUT2D eigenvalue weighted by molar-refractivity contribution is 0.0677. The van der Waals surface area contributed by atoms with Gasteiger partial charge in [-0.3, -0.25) is 4.79 Å². The summed E-state index contributed by atoms with van der Waals surface area (Å²) in [5, 5.41) is 10.2. The predicted molar refractivity (Wildman–Crippen MR) is 79.4 cm³/mol. The molecule has 1 aromatic rings. The van der Waals surface area contributed by atoms with Gasteiger partial charge < -0.3 is 10.0 Å². The summed E-state index contributed by atoms with van der Waals surface area (Å²) in [5.74, 6) is -0.131. The summed E-state index contributed by atoms with van der Waals surface area (Å²) in [6.45, 7) is 0.657. The first kappa shape index (κ1) is 15.0. The third kappa shape index (κ3) is 3.02. The number of nitrogens with zero attached hydrogens (tertiary/aromatic N) is 1. The molecule has 1 atom stereocenters.